The number of nitrogens with one attached hydrogen (secondary N) is 2. The van der Waals surface area contributed by atoms with E-state index in [1.165, 1.54) is 6.42 Å². The molecule has 3 unspecified atom stereocenters. The summed E-state index contributed by atoms with van der Waals surface area (Å²) in [4.78, 5) is 4.65. The summed E-state index contributed by atoms with van der Waals surface area (Å²) in [5.41, 5.74) is 1.84. The fraction of sp³-hybridized carbons (Fsp3) is 0.474. The molecule has 2 aromatic rings. The van der Waals surface area contributed by atoms with Crippen molar-refractivity contribution in [3.8, 4) is 11.3 Å². The molecule has 25 heavy (non-hydrogen) atoms. The first-order valence-electron chi connectivity index (χ1n) is 9.03. The van der Waals surface area contributed by atoms with E-state index < -0.39 is 0 Å². The standard InChI is InChI=1S/C19H24N4O2/c1-2-20-19(22-16-11-15-8-9-17(16)24-15)21-12-14-10-18(25-23-14)13-6-4-3-5-7-13/h3-7,10,15-17H,2,8-9,11-12H2,1H3,(H2,20,21,22). The molecule has 2 bridgehead atoms. The molecule has 1 aromatic heterocycles. The lowest BCUT2D eigenvalue weighted by molar-refractivity contribution is 0.0992. The van der Waals surface area contributed by atoms with Crippen LogP contribution in [-0.4, -0.2) is 35.9 Å². The van der Waals surface area contributed by atoms with E-state index in [-0.39, 0.29) is 0 Å². The molecule has 0 aliphatic carbocycles. The van der Waals surface area contributed by atoms with Gasteiger partial charge in [-0.15, -0.1) is 0 Å². The van der Waals surface area contributed by atoms with Crippen LogP contribution >= 0.6 is 0 Å². The Morgan fingerprint density at radius 2 is 2.16 bits per heavy atom. The van der Waals surface area contributed by atoms with Gasteiger partial charge in [0.15, 0.2) is 11.7 Å². The molecule has 3 heterocycles. The topological polar surface area (TPSA) is 71.7 Å². The molecule has 6 nitrogen and oxygen atoms in total. The van der Waals surface area contributed by atoms with E-state index in [1.54, 1.807) is 0 Å². The number of ether oxygens (including phenoxy) is 1. The molecule has 2 saturated heterocycles. The smallest absolute Gasteiger partial charge is 0.191 e. The van der Waals surface area contributed by atoms with E-state index >= 15 is 0 Å². The fourth-order valence-electron chi connectivity index (χ4n) is 3.57. The van der Waals surface area contributed by atoms with Crippen molar-refractivity contribution in [2.45, 2.75) is 51.0 Å². The Hall–Kier alpha value is -2.34. The molecular formula is C19H24N4O2. The molecule has 0 spiro atoms. The summed E-state index contributed by atoms with van der Waals surface area (Å²) in [5.74, 6) is 1.58. The minimum absolute atomic E-state index is 0.325. The van der Waals surface area contributed by atoms with Gasteiger partial charge in [-0.2, -0.15) is 0 Å². The largest absolute Gasteiger partial charge is 0.373 e. The average molecular weight is 340 g/mol. The van der Waals surface area contributed by atoms with Gasteiger partial charge in [-0.1, -0.05) is 35.5 Å². The Balaban J connectivity index is 1.40. The number of fused-ring (bicyclic) bond motifs is 2. The number of guanidine groups is 1. The Bertz CT molecular complexity index is 728. The van der Waals surface area contributed by atoms with Gasteiger partial charge in [0.05, 0.1) is 24.8 Å². The maximum Gasteiger partial charge on any atom is 0.191 e. The van der Waals surface area contributed by atoms with Gasteiger partial charge >= 0.3 is 0 Å². The quantitative estimate of drug-likeness (QED) is 0.647. The Kier molecular flexibility index (Phi) is 4.70. The zero-order valence-electron chi connectivity index (χ0n) is 14.4. The van der Waals surface area contributed by atoms with Crippen molar-refractivity contribution >= 4 is 5.96 Å². The monoisotopic (exact) mass is 340 g/mol. The van der Waals surface area contributed by atoms with Crippen LogP contribution in [0.1, 0.15) is 31.9 Å². The zero-order valence-corrected chi connectivity index (χ0v) is 14.4. The highest BCUT2D eigenvalue weighted by molar-refractivity contribution is 5.80. The van der Waals surface area contributed by atoms with Crippen molar-refractivity contribution in [1.82, 2.24) is 15.8 Å². The number of hydrogen-bond acceptors (Lipinski definition) is 4. The highest BCUT2D eigenvalue weighted by Crippen LogP contribution is 2.34. The maximum absolute atomic E-state index is 5.91. The summed E-state index contributed by atoms with van der Waals surface area (Å²) < 4.78 is 11.3. The number of nitrogens with zero attached hydrogens (tertiary/aromatic N) is 2. The Morgan fingerprint density at radius 3 is 2.88 bits per heavy atom. The SMILES string of the molecule is CCNC(=NCc1cc(-c2ccccc2)on1)NC1CC2CCC1O2. The first-order valence-corrected chi connectivity index (χ1v) is 9.03. The third kappa shape index (κ3) is 3.69. The molecular weight excluding hydrogens is 316 g/mol. The van der Waals surface area contributed by atoms with Crippen molar-refractivity contribution in [3.05, 3.63) is 42.1 Å². The van der Waals surface area contributed by atoms with Crippen LogP contribution in [0.3, 0.4) is 0 Å². The van der Waals surface area contributed by atoms with Crippen molar-refractivity contribution in [3.63, 3.8) is 0 Å². The number of aromatic nitrogens is 1. The molecule has 3 atom stereocenters. The van der Waals surface area contributed by atoms with Gasteiger partial charge in [-0.25, -0.2) is 4.99 Å². The zero-order chi connectivity index (χ0) is 17.1. The van der Waals surface area contributed by atoms with E-state index in [0.717, 1.165) is 42.4 Å². The van der Waals surface area contributed by atoms with Crippen LogP contribution in [0.15, 0.2) is 45.9 Å². The Morgan fingerprint density at radius 1 is 1.28 bits per heavy atom. The van der Waals surface area contributed by atoms with Gasteiger partial charge in [-0.05, 0) is 26.2 Å². The second-order valence-corrected chi connectivity index (χ2v) is 6.60. The second-order valence-electron chi connectivity index (χ2n) is 6.60. The molecule has 2 N–H and O–H groups in total. The van der Waals surface area contributed by atoms with Gasteiger partial charge in [0.25, 0.3) is 0 Å². The summed E-state index contributed by atoms with van der Waals surface area (Å²) in [5, 5.41) is 10.9. The molecule has 2 fully saturated rings. The summed E-state index contributed by atoms with van der Waals surface area (Å²) in [6.07, 6.45) is 4.15. The summed E-state index contributed by atoms with van der Waals surface area (Å²) >= 11 is 0. The van der Waals surface area contributed by atoms with Crippen LogP contribution in [0.4, 0.5) is 0 Å². The predicted octanol–water partition coefficient (Wildman–Crippen LogP) is 2.72. The van der Waals surface area contributed by atoms with Crippen molar-refractivity contribution in [2.75, 3.05) is 6.54 Å². The highest BCUT2D eigenvalue weighted by atomic mass is 16.5. The number of benzene rings is 1. The van der Waals surface area contributed by atoms with E-state index in [4.69, 9.17) is 9.26 Å². The fourth-order valence-corrected chi connectivity index (χ4v) is 3.57. The van der Waals surface area contributed by atoms with Crippen LogP contribution in [0.2, 0.25) is 0 Å². The first-order chi connectivity index (χ1) is 12.3. The van der Waals surface area contributed by atoms with E-state index in [2.05, 4.69) is 27.7 Å². The van der Waals surface area contributed by atoms with Crippen molar-refractivity contribution < 1.29 is 9.26 Å². The number of hydrogen-bond donors (Lipinski definition) is 2. The van der Waals surface area contributed by atoms with E-state index in [0.29, 0.717) is 24.8 Å². The lowest BCUT2D eigenvalue weighted by Crippen LogP contribution is -2.47. The first kappa shape index (κ1) is 16.1. The molecule has 2 aliphatic rings. The third-order valence-electron chi connectivity index (χ3n) is 4.79. The van der Waals surface area contributed by atoms with Crippen LogP contribution in [0.25, 0.3) is 11.3 Å². The van der Waals surface area contributed by atoms with E-state index in [1.807, 2.05) is 36.4 Å². The van der Waals surface area contributed by atoms with Crippen LogP contribution in [0, 0.1) is 0 Å². The normalized spacial score (nSPS) is 25.3. The predicted molar refractivity (Wildman–Crippen MR) is 96.2 cm³/mol. The maximum atomic E-state index is 5.91. The summed E-state index contributed by atoms with van der Waals surface area (Å²) in [7, 11) is 0. The molecule has 2 aliphatic heterocycles. The molecule has 0 amide bonds. The number of rotatable bonds is 5. The lowest BCUT2D eigenvalue weighted by atomic mass is 9.96. The Labute approximate surface area is 147 Å². The van der Waals surface area contributed by atoms with Crippen molar-refractivity contribution in [1.29, 1.82) is 0 Å². The summed E-state index contributed by atoms with van der Waals surface area (Å²) in [6, 6.07) is 12.3. The summed E-state index contributed by atoms with van der Waals surface area (Å²) in [6.45, 7) is 3.37. The lowest BCUT2D eigenvalue weighted by Gasteiger charge is -2.22. The van der Waals surface area contributed by atoms with Gasteiger partial charge in [0, 0.05) is 18.2 Å². The van der Waals surface area contributed by atoms with Crippen LogP contribution in [0.5, 0.6) is 0 Å². The van der Waals surface area contributed by atoms with Gasteiger partial charge in [0.2, 0.25) is 0 Å². The van der Waals surface area contributed by atoms with Gasteiger partial charge < -0.3 is 19.9 Å². The molecule has 6 heteroatoms. The van der Waals surface area contributed by atoms with Crippen LogP contribution < -0.4 is 10.6 Å². The van der Waals surface area contributed by atoms with E-state index in [9.17, 15) is 0 Å². The average Bonchev–Trinajstić information content (AvgIpc) is 3.37. The van der Waals surface area contributed by atoms with Crippen LogP contribution in [-0.2, 0) is 11.3 Å². The minimum Gasteiger partial charge on any atom is -0.373 e. The molecule has 1 aromatic carbocycles. The van der Waals surface area contributed by atoms with Gasteiger partial charge in [-0.3, -0.25) is 0 Å². The molecule has 0 radical (unpaired) electrons. The van der Waals surface area contributed by atoms with Crippen molar-refractivity contribution in [2.24, 2.45) is 4.99 Å². The molecule has 0 saturated carbocycles. The highest BCUT2D eigenvalue weighted by Gasteiger charge is 2.41. The number of aliphatic imine (C=N–C) groups is 1. The molecule has 4 rings (SSSR count). The minimum atomic E-state index is 0.325. The third-order valence-corrected chi connectivity index (χ3v) is 4.79. The molecule has 132 valence electrons. The second kappa shape index (κ2) is 7.27. The van der Waals surface area contributed by atoms with Gasteiger partial charge in [0.1, 0.15) is 5.69 Å².